The van der Waals surface area contributed by atoms with E-state index in [1.807, 2.05) is 57.2 Å². The number of amides is 2. The van der Waals surface area contributed by atoms with Gasteiger partial charge in [-0.25, -0.2) is 0 Å². The normalized spacial score (nSPS) is 10.2. The van der Waals surface area contributed by atoms with Crippen molar-refractivity contribution in [1.82, 2.24) is 5.32 Å². The molecule has 0 aliphatic carbocycles. The third-order valence-corrected chi connectivity index (χ3v) is 3.93. The Hall–Kier alpha value is -2.82. The second-order valence-corrected chi connectivity index (χ2v) is 6.09. The summed E-state index contributed by atoms with van der Waals surface area (Å²) >= 11 is 0. The summed E-state index contributed by atoms with van der Waals surface area (Å²) in [4.78, 5) is 24.2. The molecule has 2 amide bonds. The zero-order chi connectivity index (χ0) is 18.4. The number of nitrogens with one attached hydrogen (secondary N) is 2. The number of hydrogen-bond acceptors (Lipinski definition) is 3. The number of anilines is 1. The molecule has 25 heavy (non-hydrogen) atoms. The van der Waals surface area contributed by atoms with Gasteiger partial charge in [0, 0.05) is 17.8 Å². The Labute approximate surface area is 148 Å². The fourth-order valence-corrected chi connectivity index (χ4v) is 2.81. The Bertz CT molecular complexity index is 761. The first-order chi connectivity index (χ1) is 11.9. The van der Waals surface area contributed by atoms with Gasteiger partial charge in [-0.2, -0.15) is 0 Å². The van der Waals surface area contributed by atoms with E-state index in [0.29, 0.717) is 12.3 Å². The van der Waals surface area contributed by atoms with Gasteiger partial charge in [0.25, 0.3) is 0 Å². The number of carbonyl (C=O) groups excluding carboxylic acids is 2. The summed E-state index contributed by atoms with van der Waals surface area (Å²) in [5, 5.41) is 5.58. The van der Waals surface area contributed by atoms with Gasteiger partial charge in [0.15, 0.2) is 0 Å². The van der Waals surface area contributed by atoms with Crippen LogP contribution in [0.1, 0.15) is 28.7 Å². The smallest absolute Gasteiger partial charge is 0.233 e. The van der Waals surface area contributed by atoms with Crippen LogP contribution < -0.4 is 15.4 Å². The van der Waals surface area contributed by atoms with Crippen LogP contribution in [0.2, 0.25) is 0 Å². The highest BCUT2D eigenvalue weighted by atomic mass is 16.5. The molecule has 0 atom stereocenters. The van der Waals surface area contributed by atoms with Crippen molar-refractivity contribution in [2.24, 2.45) is 0 Å². The third-order valence-electron chi connectivity index (χ3n) is 3.93. The molecule has 2 aromatic carbocycles. The molecular weight excluding hydrogens is 316 g/mol. The molecule has 132 valence electrons. The van der Waals surface area contributed by atoms with E-state index in [9.17, 15) is 9.59 Å². The summed E-state index contributed by atoms with van der Waals surface area (Å²) < 4.78 is 5.24. The van der Waals surface area contributed by atoms with E-state index in [1.54, 1.807) is 7.11 Å². The van der Waals surface area contributed by atoms with Gasteiger partial charge in [-0.15, -0.1) is 0 Å². The maximum Gasteiger partial charge on any atom is 0.233 e. The van der Waals surface area contributed by atoms with Crippen LogP contribution in [-0.4, -0.2) is 18.9 Å². The van der Waals surface area contributed by atoms with Crippen molar-refractivity contribution < 1.29 is 14.3 Å². The van der Waals surface area contributed by atoms with Gasteiger partial charge in [-0.05, 0) is 38.0 Å². The van der Waals surface area contributed by atoms with Crippen molar-refractivity contribution in [2.45, 2.75) is 33.7 Å². The van der Waals surface area contributed by atoms with Crippen molar-refractivity contribution in [3.8, 4) is 5.75 Å². The third kappa shape index (κ3) is 5.08. The lowest BCUT2D eigenvalue weighted by Gasteiger charge is -2.13. The summed E-state index contributed by atoms with van der Waals surface area (Å²) in [6.45, 7) is 6.21. The highest BCUT2D eigenvalue weighted by Gasteiger charge is 2.13. The van der Waals surface area contributed by atoms with Crippen molar-refractivity contribution in [1.29, 1.82) is 0 Å². The predicted octanol–water partition coefficient (Wildman–Crippen LogP) is 3.27. The average molecular weight is 340 g/mol. The van der Waals surface area contributed by atoms with Gasteiger partial charge in [0.05, 0.1) is 7.11 Å². The lowest BCUT2D eigenvalue weighted by Crippen LogP contribution is -2.28. The van der Waals surface area contributed by atoms with Gasteiger partial charge in [-0.3, -0.25) is 9.59 Å². The largest absolute Gasteiger partial charge is 0.496 e. The highest BCUT2D eigenvalue weighted by Crippen LogP contribution is 2.22. The van der Waals surface area contributed by atoms with Gasteiger partial charge < -0.3 is 15.4 Å². The number of ether oxygens (including phenoxy) is 1. The van der Waals surface area contributed by atoms with E-state index in [0.717, 1.165) is 27.9 Å². The number of methoxy groups -OCH3 is 1. The number of rotatable bonds is 6. The summed E-state index contributed by atoms with van der Waals surface area (Å²) in [6.07, 6.45) is -0.220. The molecule has 0 unspecified atom stereocenters. The van der Waals surface area contributed by atoms with Crippen molar-refractivity contribution in [3.05, 3.63) is 58.7 Å². The predicted molar refractivity (Wildman–Crippen MR) is 98.7 cm³/mol. The molecule has 0 aliphatic rings. The minimum absolute atomic E-state index is 0.220. The first-order valence-electron chi connectivity index (χ1n) is 8.17. The quantitative estimate of drug-likeness (QED) is 0.793. The molecule has 5 nitrogen and oxygen atoms in total. The van der Waals surface area contributed by atoms with E-state index < -0.39 is 0 Å². The van der Waals surface area contributed by atoms with Gasteiger partial charge in [0.1, 0.15) is 12.2 Å². The Morgan fingerprint density at radius 3 is 2.28 bits per heavy atom. The Kier molecular flexibility index (Phi) is 6.17. The monoisotopic (exact) mass is 340 g/mol. The van der Waals surface area contributed by atoms with Crippen molar-refractivity contribution >= 4 is 17.5 Å². The van der Waals surface area contributed by atoms with Gasteiger partial charge in [-0.1, -0.05) is 35.9 Å². The second kappa shape index (κ2) is 8.33. The first kappa shape index (κ1) is 18.5. The Morgan fingerprint density at radius 2 is 1.64 bits per heavy atom. The number of para-hydroxylation sites is 1. The fraction of sp³-hybridized carbons (Fsp3) is 0.300. The molecule has 0 heterocycles. The van der Waals surface area contributed by atoms with Crippen LogP contribution in [0.15, 0.2) is 36.4 Å². The summed E-state index contributed by atoms with van der Waals surface area (Å²) in [7, 11) is 1.58. The topological polar surface area (TPSA) is 67.4 Å². The maximum absolute atomic E-state index is 12.2. The van der Waals surface area contributed by atoms with Gasteiger partial charge in [0.2, 0.25) is 11.8 Å². The fourth-order valence-electron chi connectivity index (χ4n) is 2.81. The Morgan fingerprint density at radius 1 is 1.00 bits per heavy atom. The Balaban J connectivity index is 1.91. The molecule has 0 bridgehead atoms. The number of carbonyl (C=O) groups is 2. The van der Waals surface area contributed by atoms with Crippen molar-refractivity contribution in [2.75, 3.05) is 12.4 Å². The molecule has 0 saturated heterocycles. The minimum Gasteiger partial charge on any atom is -0.496 e. The van der Waals surface area contributed by atoms with Crippen LogP contribution in [0.5, 0.6) is 5.75 Å². The molecule has 2 N–H and O–H groups in total. The standard InChI is InChI=1S/C20H24N2O3/c1-13-9-14(2)20(15(3)10-13)22-19(24)11-18(23)21-12-16-7-5-6-8-17(16)25-4/h5-10H,11-12H2,1-4H3,(H,21,23)(H,22,24). The van der Waals surface area contributed by atoms with Gasteiger partial charge >= 0.3 is 0 Å². The van der Waals surface area contributed by atoms with Crippen LogP contribution in [0.4, 0.5) is 5.69 Å². The summed E-state index contributed by atoms with van der Waals surface area (Å²) in [6, 6.07) is 11.5. The molecule has 2 aromatic rings. The highest BCUT2D eigenvalue weighted by molar-refractivity contribution is 6.04. The van der Waals surface area contributed by atoms with E-state index in [2.05, 4.69) is 10.6 Å². The molecular formula is C20H24N2O3. The van der Waals surface area contributed by atoms with Crippen molar-refractivity contribution in [3.63, 3.8) is 0 Å². The summed E-state index contributed by atoms with van der Waals surface area (Å²) in [5.74, 6) is 0.0524. The number of aryl methyl sites for hydroxylation is 3. The molecule has 0 radical (unpaired) electrons. The van der Waals surface area contributed by atoms with Crippen LogP contribution in [-0.2, 0) is 16.1 Å². The van der Waals surface area contributed by atoms with E-state index >= 15 is 0 Å². The molecule has 0 saturated carbocycles. The average Bonchev–Trinajstić information content (AvgIpc) is 2.56. The summed E-state index contributed by atoms with van der Waals surface area (Å²) in [5.41, 5.74) is 4.75. The van der Waals surface area contributed by atoms with E-state index in [-0.39, 0.29) is 18.2 Å². The molecule has 0 aliphatic heterocycles. The van der Waals surface area contributed by atoms with Crippen LogP contribution in [0, 0.1) is 20.8 Å². The zero-order valence-corrected chi connectivity index (χ0v) is 15.1. The molecule has 0 aromatic heterocycles. The van der Waals surface area contributed by atoms with E-state index in [1.165, 1.54) is 0 Å². The zero-order valence-electron chi connectivity index (χ0n) is 15.1. The van der Waals surface area contributed by atoms with Crippen LogP contribution in [0.3, 0.4) is 0 Å². The number of hydrogen-bond donors (Lipinski definition) is 2. The molecule has 0 spiro atoms. The first-order valence-corrected chi connectivity index (χ1v) is 8.17. The SMILES string of the molecule is COc1ccccc1CNC(=O)CC(=O)Nc1c(C)cc(C)cc1C. The minimum atomic E-state index is -0.328. The maximum atomic E-state index is 12.2. The molecule has 2 rings (SSSR count). The lowest BCUT2D eigenvalue weighted by atomic mass is 10.0. The van der Waals surface area contributed by atoms with E-state index in [4.69, 9.17) is 4.74 Å². The van der Waals surface area contributed by atoms with Crippen LogP contribution >= 0.6 is 0 Å². The lowest BCUT2D eigenvalue weighted by molar-refractivity contribution is -0.126. The number of benzene rings is 2. The van der Waals surface area contributed by atoms with Crippen LogP contribution in [0.25, 0.3) is 0 Å². The molecule has 0 fully saturated rings. The second-order valence-electron chi connectivity index (χ2n) is 6.09. The molecule has 5 heteroatoms.